The molecule has 1 aliphatic rings. The van der Waals surface area contributed by atoms with Gasteiger partial charge < -0.3 is 4.74 Å². The Morgan fingerprint density at radius 3 is 1.93 bits per heavy atom. The van der Waals surface area contributed by atoms with Crippen molar-refractivity contribution in [3.63, 3.8) is 0 Å². The first-order chi connectivity index (χ1) is 6.43. The van der Waals surface area contributed by atoms with E-state index in [0.29, 0.717) is 6.10 Å². The van der Waals surface area contributed by atoms with Gasteiger partial charge in [0.05, 0.1) is 0 Å². The molecule has 14 heavy (non-hydrogen) atoms. The van der Waals surface area contributed by atoms with Crippen LogP contribution in [0.2, 0.25) is 0 Å². The Kier molecular flexibility index (Phi) is 10.7. The number of hydrogen-bond donors (Lipinski definition) is 0. The van der Waals surface area contributed by atoms with E-state index in [9.17, 15) is 0 Å². The molecular weight excluding hydrogens is 357 g/mol. The predicted octanol–water partition coefficient (Wildman–Crippen LogP) is 4.08. The van der Waals surface area contributed by atoms with E-state index in [1.165, 1.54) is 57.8 Å². The number of rotatable bonds is 9. The fourth-order valence-corrected chi connectivity index (χ4v) is 1.67. The standard InChI is InChI=1S/C12H23O.Au/c1-2-3-4-5-6-7-8-9-10-12-11-13-12;/h11-12H,2-10H2,1H3;/q-1;+1. The molecule has 0 aliphatic carbocycles. The summed E-state index contributed by atoms with van der Waals surface area (Å²) in [5.41, 5.74) is 0. The molecule has 0 aromatic rings. The van der Waals surface area contributed by atoms with E-state index in [1.54, 1.807) is 0 Å². The first kappa shape index (κ1) is 14.7. The summed E-state index contributed by atoms with van der Waals surface area (Å²) in [5, 5.41) is 0. The number of unbranched alkanes of at least 4 members (excludes halogenated alkanes) is 7. The van der Waals surface area contributed by atoms with Crippen LogP contribution in [0.15, 0.2) is 0 Å². The van der Waals surface area contributed by atoms with E-state index in [4.69, 9.17) is 4.74 Å². The van der Waals surface area contributed by atoms with Crippen LogP contribution in [0.3, 0.4) is 0 Å². The van der Waals surface area contributed by atoms with Gasteiger partial charge in [0.25, 0.3) is 0 Å². The quantitative estimate of drug-likeness (QED) is 0.254. The van der Waals surface area contributed by atoms with E-state index < -0.39 is 0 Å². The molecule has 1 atom stereocenters. The Balaban J connectivity index is 0.00000169. The van der Waals surface area contributed by atoms with Crippen LogP contribution in [0.25, 0.3) is 0 Å². The Labute approximate surface area is 104 Å². The van der Waals surface area contributed by atoms with Crippen LogP contribution >= 0.6 is 0 Å². The second-order valence-corrected chi connectivity index (χ2v) is 4.07. The van der Waals surface area contributed by atoms with Crippen LogP contribution in [0.4, 0.5) is 0 Å². The van der Waals surface area contributed by atoms with Gasteiger partial charge in [-0.3, -0.25) is 0 Å². The summed E-state index contributed by atoms with van der Waals surface area (Å²) in [4.78, 5) is 0. The zero-order valence-corrected chi connectivity index (χ0v) is 11.4. The van der Waals surface area contributed by atoms with Gasteiger partial charge in [0.15, 0.2) is 0 Å². The molecule has 1 nitrogen and oxygen atoms in total. The molecule has 88 valence electrons. The average molecular weight is 380 g/mol. The van der Waals surface area contributed by atoms with Crippen LogP contribution in [-0.2, 0) is 27.1 Å². The van der Waals surface area contributed by atoms with Gasteiger partial charge in [0.2, 0.25) is 0 Å². The predicted molar refractivity (Wildman–Crippen MR) is 56.4 cm³/mol. The second-order valence-electron chi connectivity index (χ2n) is 4.07. The van der Waals surface area contributed by atoms with Crippen molar-refractivity contribution in [3.8, 4) is 0 Å². The SMILES string of the molecule is CCCCCCCCCCC1[CH-]O1.[Au+]. The van der Waals surface area contributed by atoms with Gasteiger partial charge in [-0.15, -0.1) is 0 Å². The molecule has 0 amide bonds. The van der Waals surface area contributed by atoms with Crippen molar-refractivity contribution in [2.45, 2.75) is 70.8 Å². The third-order valence-corrected chi connectivity index (χ3v) is 2.67. The maximum Gasteiger partial charge on any atom is 1.00 e. The molecule has 1 heterocycles. The van der Waals surface area contributed by atoms with Crippen LogP contribution in [0.5, 0.6) is 0 Å². The molecule has 0 N–H and O–H groups in total. The van der Waals surface area contributed by atoms with E-state index in [0.717, 1.165) is 0 Å². The third kappa shape index (κ3) is 9.26. The number of hydrogen-bond acceptors (Lipinski definition) is 1. The number of epoxide rings is 1. The molecule has 0 aromatic heterocycles. The normalized spacial score (nSPS) is 19.1. The minimum atomic E-state index is 0. The first-order valence-electron chi connectivity index (χ1n) is 5.92. The summed E-state index contributed by atoms with van der Waals surface area (Å²) in [6.45, 7) is 4.22. The van der Waals surface area contributed by atoms with E-state index in [-0.39, 0.29) is 22.4 Å². The minimum absolute atomic E-state index is 0. The second kappa shape index (κ2) is 10.2. The van der Waals surface area contributed by atoms with Gasteiger partial charge in [-0.2, -0.15) is 6.61 Å². The van der Waals surface area contributed by atoms with Gasteiger partial charge in [-0.25, -0.2) is 0 Å². The third-order valence-electron chi connectivity index (χ3n) is 2.67. The van der Waals surface area contributed by atoms with Gasteiger partial charge in [-0.05, 0) is 0 Å². The Hall–Kier alpha value is 0.700. The van der Waals surface area contributed by atoms with Crippen LogP contribution in [0, 0.1) is 6.61 Å². The topological polar surface area (TPSA) is 12.5 Å². The summed E-state index contributed by atoms with van der Waals surface area (Å²) >= 11 is 0. The van der Waals surface area contributed by atoms with E-state index >= 15 is 0 Å². The van der Waals surface area contributed by atoms with Crippen molar-refractivity contribution in [2.24, 2.45) is 0 Å². The summed E-state index contributed by atoms with van der Waals surface area (Å²) in [6.07, 6.45) is 13.1. The Morgan fingerprint density at radius 1 is 0.929 bits per heavy atom. The molecule has 1 aliphatic heterocycles. The van der Waals surface area contributed by atoms with Crippen molar-refractivity contribution in [2.75, 3.05) is 0 Å². The van der Waals surface area contributed by atoms with E-state index in [2.05, 4.69) is 6.92 Å². The average Bonchev–Trinajstić information content (AvgIpc) is 2.93. The zero-order valence-electron chi connectivity index (χ0n) is 9.23. The molecule has 0 bridgehead atoms. The molecule has 2 heteroatoms. The summed E-state index contributed by atoms with van der Waals surface area (Å²) in [7, 11) is 0. The molecule has 0 saturated carbocycles. The van der Waals surface area contributed by atoms with Crippen LogP contribution in [0.1, 0.15) is 64.7 Å². The Morgan fingerprint density at radius 2 is 1.43 bits per heavy atom. The zero-order chi connectivity index (χ0) is 9.36. The van der Waals surface area contributed by atoms with Gasteiger partial charge in [0, 0.05) is 0 Å². The van der Waals surface area contributed by atoms with Gasteiger partial charge in [-0.1, -0.05) is 70.8 Å². The monoisotopic (exact) mass is 380 g/mol. The Bertz CT molecular complexity index is 113. The maximum absolute atomic E-state index is 5.04. The maximum atomic E-state index is 5.04. The molecule has 1 rings (SSSR count). The first-order valence-corrected chi connectivity index (χ1v) is 5.92. The molecule has 0 aromatic carbocycles. The fraction of sp³-hybridized carbons (Fsp3) is 0.917. The smallest absolute Gasteiger partial charge is 0.570 e. The van der Waals surface area contributed by atoms with Crippen molar-refractivity contribution >= 4 is 0 Å². The largest absolute Gasteiger partial charge is 1.00 e. The molecule has 1 saturated heterocycles. The summed E-state index contributed by atoms with van der Waals surface area (Å²) < 4.78 is 5.04. The molecule has 0 spiro atoms. The van der Waals surface area contributed by atoms with Crippen molar-refractivity contribution < 1.29 is 27.1 Å². The van der Waals surface area contributed by atoms with Crippen LogP contribution in [-0.4, -0.2) is 6.10 Å². The summed E-state index contributed by atoms with van der Waals surface area (Å²) in [5.74, 6) is 0. The fourth-order valence-electron chi connectivity index (χ4n) is 1.67. The molecule has 1 unspecified atom stereocenters. The molecule has 0 radical (unpaired) electrons. The van der Waals surface area contributed by atoms with E-state index in [1.807, 2.05) is 6.61 Å². The minimum Gasteiger partial charge on any atom is -0.570 e. The molecule has 1 fully saturated rings. The summed E-state index contributed by atoms with van der Waals surface area (Å²) in [6, 6.07) is 0. The molecular formula is C12H23AuO. The number of ether oxygens (including phenoxy) is 1. The van der Waals surface area contributed by atoms with Crippen LogP contribution < -0.4 is 0 Å². The van der Waals surface area contributed by atoms with Crippen molar-refractivity contribution in [1.29, 1.82) is 0 Å². The van der Waals surface area contributed by atoms with Gasteiger partial charge >= 0.3 is 22.4 Å². The van der Waals surface area contributed by atoms with Crippen molar-refractivity contribution in [1.82, 2.24) is 0 Å². The van der Waals surface area contributed by atoms with Gasteiger partial charge in [0.1, 0.15) is 0 Å². The van der Waals surface area contributed by atoms with Crippen molar-refractivity contribution in [3.05, 3.63) is 6.61 Å².